The topological polar surface area (TPSA) is 105 Å². The van der Waals surface area contributed by atoms with Crippen LogP contribution < -0.4 is 5.32 Å². The van der Waals surface area contributed by atoms with E-state index in [2.05, 4.69) is 10.3 Å². The van der Waals surface area contributed by atoms with Crippen molar-refractivity contribution >= 4 is 51.7 Å². The number of nitro benzene ring substituents is 1. The number of benzene rings is 1. The molecule has 2 amide bonds. The van der Waals surface area contributed by atoms with Gasteiger partial charge in [-0.1, -0.05) is 23.4 Å². The number of amidine groups is 1. The molecule has 1 heterocycles. The summed E-state index contributed by atoms with van der Waals surface area (Å²) < 4.78 is 0. The maximum atomic E-state index is 12.3. The Bertz CT molecular complexity index is 740. The van der Waals surface area contributed by atoms with Gasteiger partial charge in [0.1, 0.15) is 5.25 Å². The minimum absolute atomic E-state index is 0.0677. The Hall–Kier alpha value is -2.13. The molecular formula is C15H17ClN4O4S. The summed E-state index contributed by atoms with van der Waals surface area (Å²) in [7, 11) is 0. The summed E-state index contributed by atoms with van der Waals surface area (Å²) in [5.41, 5.74) is -0.0355. The molecule has 8 nitrogen and oxygen atoms in total. The summed E-state index contributed by atoms with van der Waals surface area (Å²) >= 11 is 7.22. The van der Waals surface area contributed by atoms with Crippen LogP contribution in [0.1, 0.15) is 20.3 Å². The van der Waals surface area contributed by atoms with Crippen molar-refractivity contribution in [2.45, 2.75) is 25.5 Å². The minimum Gasteiger partial charge on any atom is -0.325 e. The maximum absolute atomic E-state index is 12.3. The number of rotatable bonds is 6. The number of halogens is 1. The zero-order valence-corrected chi connectivity index (χ0v) is 15.3. The zero-order valence-electron chi connectivity index (χ0n) is 13.7. The highest BCUT2D eigenvalue weighted by atomic mass is 35.5. The molecule has 1 N–H and O–H groups in total. The number of non-ortho nitro benzene ring substituents is 1. The fraction of sp³-hybridized carbons (Fsp3) is 0.400. The van der Waals surface area contributed by atoms with Crippen LogP contribution in [0.3, 0.4) is 0 Å². The molecule has 0 saturated carbocycles. The number of carbonyl (C=O) groups excluding carboxylic acids is 2. The second-order valence-electron chi connectivity index (χ2n) is 5.12. The fourth-order valence-corrected chi connectivity index (χ4v) is 3.71. The lowest BCUT2D eigenvalue weighted by atomic mass is 10.2. The highest BCUT2D eigenvalue weighted by molar-refractivity contribution is 8.15. The molecule has 1 saturated heterocycles. The second-order valence-corrected chi connectivity index (χ2v) is 6.70. The number of nitrogens with zero attached hydrogens (tertiary/aromatic N) is 3. The number of nitro groups is 1. The Balaban J connectivity index is 2.08. The molecule has 0 aliphatic carbocycles. The average molecular weight is 385 g/mol. The molecule has 134 valence electrons. The van der Waals surface area contributed by atoms with Crippen LogP contribution in [0.5, 0.6) is 0 Å². The second kappa shape index (κ2) is 8.30. The van der Waals surface area contributed by atoms with E-state index in [9.17, 15) is 19.7 Å². The van der Waals surface area contributed by atoms with Crippen molar-refractivity contribution in [3.63, 3.8) is 0 Å². The van der Waals surface area contributed by atoms with Crippen molar-refractivity contribution in [3.05, 3.63) is 33.3 Å². The van der Waals surface area contributed by atoms with Crippen molar-refractivity contribution in [3.8, 4) is 0 Å². The standard InChI is InChI=1S/C15H17ClN4O4S/c1-3-17-15-19(4-2)14(22)12(25-15)8-13(21)18-11-7-9(20(23)24)5-6-10(11)16/h5-7,12H,3-4,8H2,1-2H3,(H,18,21)/t12-/m0/s1. The number of aliphatic imine (C=N–C) groups is 1. The summed E-state index contributed by atoms with van der Waals surface area (Å²) in [5, 5.41) is 13.6. The van der Waals surface area contributed by atoms with Gasteiger partial charge in [-0.2, -0.15) is 0 Å². The first-order valence-electron chi connectivity index (χ1n) is 7.63. The molecule has 1 atom stereocenters. The first-order valence-corrected chi connectivity index (χ1v) is 8.89. The van der Waals surface area contributed by atoms with Crippen LogP contribution in [0.25, 0.3) is 0 Å². The summed E-state index contributed by atoms with van der Waals surface area (Å²) in [6.07, 6.45) is -0.0677. The molecule has 1 aromatic carbocycles. The van der Waals surface area contributed by atoms with Gasteiger partial charge in [0.15, 0.2) is 5.17 Å². The minimum atomic E-state index is -0.574. The maximum Gasteiger partial charge on any atom is 0.271 e. The molecule has 2 rings (SSSR count). The van der Waals surface area contributed by atoms with E-state index in [1.807, 2.05) is 13.8 Å². The summed E-state index contributed by atoms with van der Waals surface area (Å²) in [5.74, 6) is -0.609. The number of thioether (sulfide) groups is 1. The van der Waals surface area contributed by atoms with Gasteiger partial charge in [-0.05, 0) is 19.9 Å². The van der Waals surface area contributed by atoms with Gasteiger partial charge in [0.25, 0.3) is 5.69 Å². The SMILES string of the molecule is CCN=C1S[C@@H](CC(=O)Nc2cc([N+](=O)[O-])ccc2Cl)C(=O)N1CC. The summed E-state index contributed by atoms with van der Waals surface area (Å²) in [6.45, 7) is 4.75. The molecule has 0 unspecified atom stereocenters. The van der Waals surface area contributed by atoms with Crippen molar-refractivity contribution in [2.75, 3.05) is 18.4 Å². The van der Waals surface area contributed by atoms with Gasteiger partial charge in [-0.3, -0.25) is 29.6 Å². The van der Waals surface area contributed by atoms with Gasteiger partial charge < -0.3 is 5.32 Å². The third-order valence-corrected chi connectivity index (χ3v) is 4.98. The van der Waals surface area contributed by atoms with Gasteiger partial charge in [-0.25, -0.2) is 0 Å². The number of hydrogen-bond donors (Lipinski definition) is 1. The zero-order chi connectivity index (χ0) is 18.6. The van der Waals surface area contributed by atoms with Gasteiger partial charge in [-0.15, -0.1) is 0 Å². The highest BCUT2D eigenvalue weighted by Gasteiger charge is 2.38. The van der Waals surface area contributed by atoms with E-state index in [1.54, 1.807) is 4.90 Å². The van der Waals surface area contributed by atoms with E-state index in [0.29, 0.717) is 18.3 Å². The number of hydrogen-bond acceptors (Lipinski definition) is 6. The fourth-order valence-electron chi connectivity index (χ4n) is 2.28. The molecule has 1 aliphatic heterocycles. The van der Waals surface area contributed by atoms with Crippen molar-refractivity contribution in [1.29, 1.82) is 0 Å². The average Bonchev–Trinajstić information content (AvgIpc) is 2.84. The molecule has 0 radical (unpaired) electrons. The number of amides is 2. The number of nitrogens with one attached hydrogen (secondary N) is 1. The Labute approximate surface area is 153 Å². The van der Waals surface area contributed by atoms with E-state index >= 15 is 0 Å². The number of carbonyl (C=O) groups is 2. The molecule has 1 aliphatic rings. The normalized spacial score (nSPS) is 18.7. The van der Waals surface area contributed by atoms with Gasteiger partial charge in [0, 0.05) is 31.6 Å². The first-order chi connectivity index (χ1) is 11.9. The van der Waals surface area contributed by atoms with E-state index in [4.69, 9.17) is 11.6 Å². The smallest absolute Gasteiger partial charge is 0.271 e. The lowest BCUT2D eigenvalue weighted by molar-refractivity contribution is -0.384. The van der Waals surface area contributed by atoms with Crippen LogP contribution in [0.4, 0.5) is 11.4 Å². The predicted octanol–water partition coefficient (Wildman–Crippen LogP) is 2.92. The van der Waals surface area contributed by atoms with E-state index < -0.39 is 16.1 Å². The Morgan fingerprint density at radius 1 is 1.48 bits per heavy atom. The molecule has 1 aromatic rings. The molecule has 25 heavy (non-hydrogen) atoms. The molecule has 1 fully saturated rings. The summed E-state index contributed by atoms with van der Waals surface area (Å²) in [6, 6.07) is 3.78. The Kier molecular flexibility index (Phi) is 6.38. The molecule has 0 aromatic heterocycles. The van der Waals surface area contributed by atoms with Crippen LogP contribution in [0, 0.1) is 10.1 Å². The van der Waals surface area contributed by atoms with Crippen molar-refractivity contribution < 1.29 is 14.5 Å². The molecule has 10 heteroatoms. The third kappa shape index (κ3) is 4.49. The van der Waals surface area contributed by atoms with Crippen LogP contribution in [0.15, 0.2) is 23.2 Å². The first kappa shape index (κ1) is 19.2. The Morgan fingerprint density at radius 2 is 2.20 bits per heavy atom. The Morgan fingerprint density at radius 3 is 2.80 bits per heavy atom. The predicted molar refractivity (Wildman–Crippen MR) is 98.1 cm³/mol. The number of anilines is 1. The summed E-state index contributed by atoms with van der Waals surface area (Å²) in [4.78, 5) is 40.7. The van der Waals surface area contributed by atoms with E-state index in [0.717, 1.165) is 0 Å². The van der Waals surface area contributed by atoms with Crippen molar-refractivity contribution in [2.24, 2.45) is 4.99 Å². The van der Waals surface area contributed by atoms with Gasteiger partial charge in [0.05, 0.1) is 15.6 Å². The quantitative estimate of drug-likeness (QED) is 0.599. The van der Waals surface area contributed by atoms with Gasteiger partial charge >= 0.3 is 0 Å². The van der Waals surface area contributed by atoms with Crippen LogP contribution in [0.2, 0.25) is 5.02 Å². The van der Waals surface area contributed by atoms with Crippen LogP contribution in [-0.2, 0) is 9.59 Å². The molecular weight excluding hydrogens is 368 g/mol. The van der Waals surface area contributed by atoms with E-state index in [1.165, 1.54) is 30.0 Å². The van der Waals surface area contributed by atoms with Crippen molar-refractivity contribution in [1.82, 2.24) is 4.90 Å². The van der Waals surface area contributed by atoms with Gasteiger partial charge in [0.2, 0.25) is 11.8 Å². The largest absolute Gasteiger partial charge is 0.325 e. The molecule has 0 bridgehead atoms. The lowest BCUT2D eigenvalue weighted by Gasteiger charge is -2.13. The lowest BCUT2D eigenvalue weighted by Crippen LogP contribution is -2.33. The third-order valence-electron chi connectivity index (χ3n) is 3.44. The van der Waals surface area contributed by atoms with Crippen LogP contribution in [-0.4, -0.2) is 45.1 Å². The molecule has 0 spiro atoms. The van der Waals surface area contributed by atoms with Crippen LogP contribution >= 0.6 is 23.4 Å². The monoisotopic (exact) mass is 384 g/mol. The van der Waals surface area contributed by atoms with E-state index in [-0.39, 0.29) is 28.7 Å². The highest BCUT2D eigenvalue weighted by Crippen LogP contribution is 2.31.